The summed E-state index contributed by atoms with van der Waals surface area (Å²) >= 11 is 0. The molecule has 164 valence electrons. The predicted octanol–water partition coefficient (Wildman–Crippen LogP) is 2.42. The first-order valence-electron chi connectivity index (χ1n) is 8.83. The summed E-state index contributed by atoms with van der Waals surface area (Å²) in [6.45, 7) is 6.78. The summed E-state index contributed by atoms with van der Waals surface area (Å²) < 4.78 is 35.3. The van der Waals surface area contributed by atoms with Crippen LogP contribution in [0, 0.1) is 0 Å². The van der Waals surface area contributed by atoms with E-state index < -0.39 is 33.7 Å². The van der Waals surface area contributed by atoms with Crippen LogP contribution in [0.5, 0.6) is 0 Å². The quantitative estimate of drug-likeness (QED) is 0.689. The van der Waals surface area contributed by atoms with E-state index in [2.05, 4.69) is 15.5 Å². The van der Waals surface area contributed by atoms with Gasteiger partial charge in [0, 0.05) is 12.6 Å². The predicted molar refractivity (Wildman–Crippen MR) is 108 cm³/mol. The molecule has 0 aliphatic rings. The number of rotatable bonds is 6. The SMILES string of the molecule is CC(NC(=O)OC(C)(C)C)c1nnc(-c2cc(C(=O)O)cc(N(C)S(C)(=O)=O)c2)o1. The van der Waals surface area contributed by atoms with Gasteiger partial charge in [-0.05, 0) is 45.9 Å². The lowest BCUT2D eigenvalue weighted by Crippen LogP contribution is -2.34. The lowest BCUT2D eigenvalue weighted by atomic mass is 10.1. The van der Waals surface area contributed by atoms with Crippen molar-refractivity contribution in [3.05, 3.63) is 29.7 Å². The number of carboxylic acids is 1. The number of ether oxygens (including phenoxy) is 1. The third-order valence-electron chi connectivity index (χ3n) is 3.82. The standard InChI is InChI=1S/C18H24N4O7S/c1-10(19-17(25)29-18(2,3)4)14-20-21-15(28-14)11-7-12(16(23)24)9-13(8-11)22(5)30(6,26)27/h7-10H,1-6H3,(H,19,25)(H,23,24). The van der Waals surface area contributed by atoms with Gasteiger partial charge < -0.3 is 19.6 Å². The number of carboxylic acid groups (broad SMARTS) is 1. The number of hydrogen-bond donors (Lipinski definition) is 2. The molecule has 1 atom stereocenters. The van der Waals surface area contributed by atoms with Crippen molar-refractivity contribution in [3.8, 4) is 11.5 Å². The summed E-state index contributed by atoms with van der Waals surface area (Å²) in [4.78, 5) is 23.4. The summed E-state index contributed by atoms with van der Waals surface area (Å²) in [5.74, 6) is -1.22. The Labute approximate surface area is 174 Å². The molecule has 11 nitrogen and oxygen atoms in total. The smallest absolute Gasteiger partial charge is 0.408 e. The molecule has 0 radical (unpaired) electrons. The van der Waals surface area contributed by atoms with Gasteiger partial charge in [-0.3, -0.25) is 4.31 Å². The van der Waals surface area contributed by atoms with Gasteiger partial charge >= 0.3 is 12.1 Å². The van der Waals surface area contributed by atoms with Crippen molar-refractivity contribution in [1.29, 1.82) is 0 Å². The Balaban J connectivity index is 2.34. The minimum absolute atomic E-state index is 0.0333. The number of nitrogens with zero attached hydrogens (tertiary/aromatic N) is 3. The normalized spacial score (nSPS) is 12.9. The number of nitrogens with one attached hydrogen (secondary N) is 1. The van der Waals surface area contributed by atoms with Crippen LogP contribution in [0.3, 0.4) is 0 Å². The van der Waals surface area contributed by atoms with Crippen molar-refractivity contribution < 1.29 is 32.3 Å². The molecule has 0 saturated carbocycles. The van der Waals surface area contributed by atoms with Crippen LogP contribution < -0.4 is 9.62 Å². The van der Waals surface area contributed by atoms with Crippen LogP contribution in [0.4, 0.5) is 10.5 Å². The minimum atomic E-state index is -3.62. The van der Waals surface area contributed by atoms with Crippen molar-refractivity contribution in [3.63, 3.8) is 0 Å². The summed E-state index contributed by atoms with van der Waals surface area (Å²) in [6, 6.07) is 3.24. The maximum absolute atomic E-state index is 11.9. The molecule has 0 aliphatic heterocycles. The molecule has 2 N–H and O–H groups in total. The van der Waals surface area contributed by atoms with E-state index in [0.29, 0.717) is 0 Å². The van der Waals surface area contributed by atoms with Gasteiger partial charge in [-0.25, -0.2) is 18.0 Å². The molecular weight excluding hydrogens is 416 g/mol. The van der Waals surface area contributed by atoms with E-state index in [-0.39, 0.29) is 28.6 Å². The Kier molecular flexibility index (Phi) is 6.40. The molecule has 1 unspecified atom stereocenters. The number of aromatic nitrogens is 2. The number of aromatic carboxylic acids is 1. The average molecular weight is 440 g/mol. The first-order chi connectivity index (χ1) is 13.7. The van der Waals surface area contributed by atoms with Crippen molar-refractivity contribution in [2.45, 2.75) is 39.3 Å². The zero-order valence-electron chi connectivity index (χ0n) is 17.5. The van der Waals surface area contributed by atoms with Gasteiger partial charge in [0.2, 0.25) is 21.8 Å². The van der Waals surface area contributed by atoms with Crippen LogP contribution >= 0.6 is 0 Å². The van der Waals surface area contributed by atoms with Gasteiger partial charge in [-0.2, -0.15) is 0 Å². The van der Waals surface area contributed by atoms with Crippen molar-refractivity contribution in [1.82, 2.24) is 15.5 Å². The Hall–Kier alpha value is -3.15. The third kappa shape index (κ3) is 5.92. The number of carbonyl (C=O) groups excluding carboxylic acids is 1. The lowest BCUT2D eigenvalue weighted by molar-refractivity contribution is 0.0500. The van der Waals surface area contributed by atoms with Crippen molar-refractivity contribution in [2.24, 2.45) is 0 Å². The highest BCUT2D eigenvalue weighted by Gasteiger charge is 2.23. The highest BCUT2D eigenvalue weighted by Crippen LogP contribution is 2.28. The Morgan fingerprint density at radius 2 is 1.87 bits per heavy atom. The van der Waals surface area contributed by atoms with Crippen LogP contribution in [-0.2, 0) is 14.8 Å². The molecule has 0 saturated heterocycles. The molecule has 0 spiro atoms. The zero-order valence-corrected chi connectivity index (χ0v) is 18.3. The molecule has 0 aliphatic carbocycles. The first-order valence-corrected chi connectivity index (χ1v) is 10.7. The molecule has 1 aromatic carbocycles. The number of amides is 1. The van der Waals surface area contributed by atoms with Gasteiger partial charge in [-0.1, -0.05) is 0 Å². The molecule has 0 bridgehead atoms. The van der Waals surface area contributed by atoms with E-state index in [4.69, 9.17) is 9.15 Å². The lowest BCUT2D eigenvalue weighted by Gasteiger charge is -2.20. The fourth-order valence-electron chi connectivity index (χ4n) is 2.30. The second kappa shape index (κ2) is 8.30. The number of benzene rings is 1. The van der Waals surface area contributed by atoms with E-state index in [0.717, 1.165) is 10.6 Å². The molecular formula is C18H24N4O7S. The van der Waals surface area contributed by atoms with Crippen LogP contribution in [-0.4, -0.2) is 54.7 Å². The molecule has 1 amide bonds. The minimum Gasteiger partial charge on any atom is -0.478 e. The second-order valence-electron chi connectivity index (χ2n) is 7.62. The summed E-state index contributed by atoms with van der Waals surface area (Å²) in [5, 5.41) is 19.7. The summed E-state index contributed by atoms with van der Waals surface area (Å²) in [6.07, 6.45) is 0.328. The van der Waals surface area contributed by atoms with E-state index in [9.17, 15) is 23.1 Å². The van der Waals surface area contributed by atoms with Crippen LogP contribution in [0.25, 0.3) is 11.5 Å². The molecule has 30 heavy (non-hydrogen) atoms. The van der Waals surface area contributed by atoms with Gasteiger partial charge in [0.25, 0.3) is 0 Å². The van der Waals surface area contributed by atoms with E-state index in [1.54, 1.807) is 27.7 Å². The number of alkyl carbamates (subject to hydrolysis) is 1. The number of anilines is 1. The highest BCUT2D eigenvalue weighted by molar-refractivity contribution is 7.92. The third-order valence-corrected chi connectivity index (χ3v) is 5.02. The van der Waals surface area contributed by atoms with Crippen LogP contribution in [0.15, 0.2) is 22.6 Å². The number of sulfonamides is 1. The second-order valence-corrected chi connectivity index (χ2v) is 9.63. The van der Waals surface area contributed by atoms with Crippen LogP contribution in [0.1, 0.15) is 50.0 Å². The highest BCUT2D eigenvalue weighted by atomic mass is 32.2. The van der Waals surface area contributed by atoms with Gasteiger partial charge in [-0.15, -0.1) is 10.2 Å². The van der Waals surface area contributed by atoms with E-state index >= 15 is 0 Å². The number of hydrogen-bond acceptors (Lipinski definition) is 8. The Morgan fingerprint density at radius 3 is 2.40 bits per heavy atom. The fourth-order valence-corrected chi connectivity index (χ4v) is 2.79. The Bertz CT molecular complexity index is 1060. The molecule has 0 fully saturated rings. The largest absolute Gasteiger partial charge is 0.478 e. The monoisotopic (exact) mass is 440 g/mol. The molecule has 2 aromatic rings. The fraction of sp³-hybridized carbons (Fsp3) is 0.444. The van der Waals surface area contributed by atoms with Crippen LogP contribution in [0.2, 0.25) is 0 Å². The summed E-state index contributed by atoms with van der Waals surface area (Å²) in [5.41, 5.74) is -0.503. The van der Waals surface area contributed by atoms with Crippen molar-refractivity contribution in [2.75, 3.05) is 17.6 Å². The molecule has 12 heteroatoms. The topological polar surface area (TPSA) is 152 Å². The van der Waals surface area contributed by atoms with Crippen molar-refractivity contribution >= 4 is 27.8 Å². The van der Waals surface area contributed by atoms with E-state index in [1.807, 2.05) is 0 Å². The zero-order chi connectivity index (χ0) is 22.9. The van der Waals surface area contributed by atoms with Gasteiger partial charge in [0.05, 0.1) is 17.5 Å². The Morgan fingerprint density at radius 1 is 1.23 bits per heavy atom. The summed E-state index contributed by atoms with van der Waals surface area (Å²) in [7, 11) is -2.32. The van der Waals surface area contributed by atoms with Gasteiger partial charge in [0.1, 0.15) is 11.6 Å². The first kappa shape index (κ1) is 23.1. The maximum Gasteiger partial charge on any atom is 0.408 e. The van der Waals surface area contributed by atoms with E-state index in [1.165, 1.54) is 25.2 Å². The van der Waals surface area contributed by atoms with Gasteiger partial charge in [0.15, 0.2) is 0 Å². The maximum atomic E-state index is 11.9. The molecule has 2 rings (SSSR count). The number of carbonyl (C=O) groups is 2. The molecule has 1 heterocycles. The molecule has 1 aromatic heterocycles. The average Bonchev–Trinajstić information content (AvgIpc) is 3.08.